The molecule has 1 aliphatic carbocycles. The molecule has 0 unspecified atom stereocenters. The number of aryl methyl sites for hydroxylation is 1. The van der Waals surface area contributed by atoms with Gasteiger partial charge in [-0.2, -0.15) is 22.0 Å². The molecule has 0 fully saturated rings. The molecule has 1 aliphatic heterocycles. The summed E-state index contributed by atoms with van der Waals surface area (Å²) in [6.45, 7) is -3.08. The van der Waals surface area contributed by atoms with Gasteiger partial charge < -0.3 is 14.8 Å². The van der Waals surface area contributed by atoms with Crippen molar-refractivity contribution in [2.24, 2.45) is 0 Å². The SMILES string of the molecule is O=C1N[C@@]2(CCCc3cc(OCCCC(F)(F)F)ccc32)CC(c2ccc(OC(F)F)cc2)=C1c1noc(=O)[nH]1. The number of aromatic nitrogens is 2. The van der Waals surface area contributed by atoms with Crippen LogP contribution in [0.3, 0.4) is 0 Å². The third kappa shape index (κ3) is 5.87. The fourth-order valence-corrected chi connectivity index (χ4v) is 5.35. The van der Waals surface area contributed by atoms with E-state index in [0.717, 1.165) is 11.1 Å². The Labute approximate surface area is 224 Å². The molecule has 0 bridgehead atoms. The monoisotopic (exact) mass is 565 g/mol. The maximum atomic E-state index is 13.6. The van der Waals surface area contributed by atoms with Gasteiger partial charge in [-0.3, -0.25) is 14.3 Å². The van der Waals surface area contributed by atoms with Gasteiger partial charge in [0, 0.05) is 12.8 Å². The molecular weight excluding hydrogens is 541 g/mol. The molecular formula is C27H24F5N3O5. The van der Waals surface area contributed by atoms with E-state index in [-0.39, 0.29) is 36.6 Å². The lowest BCUT2D eigenvalue weighted by molar-refractivity contribution is -0.136. The van der Waals surface area contributed by atoms with E-state index in [1.54, 1.807) is 30.3 Å². The van der Waals surface area contributed by atoms with Crippen molar-refractivity contribution in [2.75, 3.05) is 6.61 Å². The number of ether oxygens (including phenoxy) is 2. The zero-order valence-electron chi connectivity index (χ0n) is 20.9. The smallest absolute Gasteiger partial charge is 0.439 e. The first-order valence-corrected chi connectivity index (χ1v) is 12.5. The Bertz CT molecular complexity index is 1480. The molecule has 1 atom stereocenters. The van der Waals surface area contributed by atoms with Crippen LogP contribution in [0.25, 0.3) is 11.1 Å². The number of nitrogens with zero attached hydrogens (tertiary/aromatic N) is 1. The summed E-state index contributed by atoms with van der Waals surface area (Å²) in [6, 6.07) is 11.0. The van der Waals surface area contributed by atoms with Crippen LogP contribution in [0, 0.1) is 0 Å². The minimum Gasteiger partial charge on any atom is -0.494 e. The Morgan fingerprint density at radius 2 is 1.82 bits per heavy atom. The topological polar surface area (TPSA) is 106 Å². The Hall–Kier alpha value is -4.16. The standard InChI is InChI=1S/C27H24F5N3O5/c28-24(29)39-17-6-4-15(5-7-17)19-14-26(34-23(36)21(19)22-33-25(37)40-35-22)10-1-3-16-13-18(8-9-20(16)26)38-12-2-11-27(30,31)32/h4-9,13,24H,1-3,10-12,14H2,(H,34,36)(H,33,35,37)/t26-/m0/s1. The minimum absolute atomic E-state index is 0.0588. The highest BCUT2D eigenvalue weighted by Gasteiger charge is 2.44. The van der Waals surface area contributed by atoms with Gasteiger partial charge in [-0.1, -0.05) is 23.4 Å². The number of H-pyrrole nitrogens is 1. The van der Waals surface area contributed by atoms with Crippen molar-refractivity contribution in [3.63, 3.8) is 0 Å². The van der Waals surface area contributed by atoms with Crippen molar-refractivity contribution in [2.45, 2.75) is 56.9 Å². The van der Waals surface area contributed by atoms with Crippen molar-refractivity contribution in [1.29, 1.82) is 0 Å². The molecule has 5 rings (SSSR count). The van der Waals surface area contributed by atoms with E-state index in [1.165, 1.54) is 12.1 Å². The van der Waals surface area contributed by atoms with E-state index in [2.05, 4.69) is 24.7 Å². The van der Waals surface area contributed by atoms with Crippen LogP contribution in [-0.4, -0.2) is 35.4 Å². The summed E-state index contributed by atoms with van der Waals surface area (Å²) in [5.41, 5.74) is 2.00. The number of fused-ring (bicyclic) bond motifs is 2. The lowest BCUT2D eigenvalue weighted by atomic mass is 9.69. The first-order chi connectivity index (χ1) is 19.0. The third-order valence-corrected chi connectivity index (χ3v) is 6.98. The summed E-state index contributed by atoms with van der Waals surface area (Å²) in [5.74, 6) is -1.05. The van der Waals surface area contributed by atoms with E-state index in [9.17, 15) is 31.5 Å². The summed E-state index contributed by atoms with van der Waals surface area (Å²) in [7, 11) is 0. The molecule has 40 heavy (non-hydrogen) atoms. The normalized spacial score (nSPS) is 19.1. The molecule has 1 amide bonds. The molecule has 13 heteroatoms. The van der Waals surface area contributed by atoms with E-state index >= 15 is 0 Å². The number of hydrogen-bond acceptors (Lipinski definition) is 6. The molecule has 0 saturated carbocycles. The van der Waals surface area contributed by atoms with Crippen molar-refractivity contribution >= 4 is 17.1 Å². The molecule has 0 radical (unpaired) electrons. The van der Waals surface area contributed by atoms with Crippen LogP contribution in [0.1, 0.15) is 54.6 Å². The first kappa shape index (κ1) is 27.4. The Balaban J connectivity index is 1.48. The molecule has 2 aromatic carbocycles. The Kier molecular flexibility index (Phi) is 7.39. The summed E-state index contributed by atoms with van der Waals surface area (Å²) in [4.78, 5) is 27.7. The Morgan fingerprint density at radius 1 is 1.07 bits per heavy atom. The van der Waals surface area contributed by atoms with Crippen LogP contribution in [0.2, 0.25) is 0 Å². The number of hydrogen-bond donors (Lipinski definition) is 2. The maximum Gasteiger partial charge on any atom is 0.439 e. The molecule has 8 nitrogen and oxygen atoms in total. The van der Waals surface area contributed by atoms with Crippen LogP contribution in [0.4, 0.5) is 22.0 Å². The van der Waals surface area contributed by atoms with Crippen molar-refractivity contribution < 1.29 is 40.7 Å². The number of alkyl halides is 5. The third-order valence-electron chi connectivity index (χ3n) is 6.98. The van der Waals surface area contributed by atoms with Crippen LogP contribution in [0.15, 0.2) is 51.8 Å². The lowest BCUT2D eigenvalue weighted by Gasteiger charge is -2.44. The molecule has 2 heterocycles. The minimum atomic E-state index is -4.25. The van der Waals surface area contributed by atoms with Crippen LogP contribution >= 0.6 is 0 Å². The first-order valence-electron chi connectivity index (χ1n) is 12.5. The van der Waals surface area contributed by atoms with Crippen LogP contribution in [-0.2, 0) is 16.8 Å². The van der Waals surface area contributed by atoms with Crippen molar-refractivity contribution in [3.05, 3.63) is 75.5 Å². The molecule has 2 N–H and O–H groups in total. The summed E-state index contributed by atoms with van der Waals surface area (Å²) >= 11 is 0. The second kappa shape index (κ2) is 10.8. The predicted octanol–water partition coefficient (Wildman–Crippen LogP) is 5.35. The fraction of sp³-hybridized carbons (Fsp3) is 0.370. The largest absolute Gasteiger partial charge is 0.494 e. The van der Waals surface area contributed by atoms with Gasteiger partial charge in [0.15, 0.2) is 5.82 Å². The number of aromatic amines is 1. The highest BCUT2D eigenvalue weighted by atomic mass is 19.4. The van der Waals surface area contributed by atoms with Gasteiger partial charge in [0.05, 0.1) is 17.7 Å². The second-order valence-corrected chi connectivity index (χ2v) is 9.65. The van der Waals surface area contributed by atoms with E-state index < -0.39 is 36.4 Å². The van der Waals surface area contributed by atoms with Crippen molar-refractivity contribution in [1.82, 2.24) is 15.5 Å². The number of nitrogens with one attached hydrogen (secondary N) is 2. The highest BCUT2D eigenvalue weighted by Crippen LogP contribution is 2.47. The second-order valence-electron chi connectivity index (χ2n) is 9.65. The number of rotatable bonds is 8. The zero-order chi connectivity index (χ0) is 28.5. The maximum absolute atomic E-state index is 13.6. The lowest BCUT2D eigenvalue weighted by Crippen LogP contribution is -2.51. The number of amides is 1. The van der Waals surface area contributed by atoms with Crippen LogP contribution < -0.4 is 20.5 Å². The van der Waals surface area contributed by atoms with E-state index in [1.807, 2.05) is 0 Å². The van der Waals surface area contributed by atoms with Crippen LogP contribution in [0.5, 0.6) is 11.5 Å². The van der Waals surface area contributed by atoms with Gasteiger partial charge in [0.2, 0.25) is 0 Å². The average molecular weight is 565 g/mol. The van der Waals surface area contributed by atoms with E-state index in [4.69, 9.17) is 4.74 Å². The average Bonchev–Trinajstić information content (AvgIpc) is 3.31. The summed E-state index contributed by atoms with van der Waals surface area (Å²) in [5, 5.41) is 6.77. The van der Waals surface area contributed by atoms with Gasteiger partial charge in [-0.05, 0) is 72.2 Å². The Morgan fingerprint density at radius 3 is 2.50 bits per heavy atom. The van der Waals surface area contributed by atoms with Gasteiger partial charge in [-0.15, -0.1) is 0 Å². The molecule has 212 valence electrons. The number of carbonyl (C=O) groups is 1. The summed E-state index contributed by atoms with van der Waals surface area (Å²) < 4.78 is 77.3. The predicted molar refractivity (Wildman–Crippen MR) is 132 cm³/mol. The molecule has 0 saturated heterocycles. The molecule has 3 aromatic rings. The van der Waals surface area contributed by atoms with E-state index in [0.29, 0.717) is 36.1 Å². The number of carbonyl (C=O) groups excluding carboxylic acids is 1. The number of benzene rings is 2. The summed E-state index contributed by atoms with van der Waals surface area (Å²) in [6.07, 6.45) is -3.11. The zero-order valence-corrected chi connectivity index (χ0v) is 20.9. The number of halogens is 5. The van der Waals surface area contributed by atoms with Gasteiger partial charge in [0.25, 0.3) is 5.91 Å². The van der Waals surface area contributed by atoms with Gasteiger partial charge in [0.1, 0.15) is 11.5 Å². The molecule has 1 aromatic heterocycles. The molecule has 1 spiro atoms. The quantitative estimate of drug-likeness (QED) is 0.282. The fourth-order valence-electron chi connectivity index (χ4n) is 5.35. The molecule has 2 aliphatic rings. The van der Waals surface area contributed by atoms with Gasteiger partial charge in [-0.25, -0.2) is 4.79 Å². The highest BCUT2D eigenvalue weighted by molar-refractivity contribution is 6.27. The van der Waals surface area contributed by atoms with Crippen molar-refractivity contribution in [3.8, 4) is 11.5 Å². The van der Waals surface area contributed by atoms with Gasteiger partial charge >= 0.3 is 18.5 Å².